The fourth-order valence-corrected chi connectivity index (χ4v) is 0.420. The van der Waals surface area contributed by atoms with Crippen molar-refractivity contribution in [1.82, 2.24) is 0 Å². The lowest BCUT2D eigenvalue weighted by atomic mass is 10.2. The number of aliphatic carboxylic acids is 1. The second-order valence-corrected chi connectivity index (χ2v) is 1.64. The minimum atomic E-state index is -0.896. The minimum Gasteiger partial charge on any atom is -0.481 e. The van der Waals surface area contributed by atoms with Gasteiger partial charge in [0.25, 0.3) is 0 Å². The SMILES string of the molecule is C=CC(COC)C(=O)O. The number of rotatable bonds is 4. The van der Waals surface area contributed by atoms with Crippen LogP contribution >= 0.6 is 0 Å². The smallest absolute Gasteiger partial charge is 0.312 e. The van der Waals surface area contributed by atoms with E-state index in [4.69, 9.17) is 5.11 Å². The lowest BCUT2D eigenvalue weighted by Gasteiger charge is -2.02. The van der Waals surface area contributed by atoms with Crippen LogP contribution in [-0.2, 0) is 9.53 Å². The van der Waals surface area contributed by atoms with Crippen molar-refractivity contribution in [2.45, 2.75) is 0 Å². The highest BCUT2D eigenvalue weighted by Crippen LogP contribution is 1.96. The normalized spacial score (nSPS) is 12.6. The molecular weight excluding hydrogens is 120 g/mol. The van der Waals surface area contributed by atoms with Crippen LogP contribution in [0.25, 0.3) is 0 Å². The van der Waals surface area contributed by atoms with Gasteiger partial charge in [-0.3, -0.25) is 4.79 Å². The van der Waals surface area contributed by atoms with Crippen LogP contribution in [0.5, 0.6) is 0 Å². The highest BCUT2D eigenvalue weighted by atomic mass is 16.5. The molecule has 0 aliphatic rings. The van der Waals surface area contributed by atoms with E-state index < -0.39 is 11.9 Å². The summed E-state index contributed by atoms with van der Waals surface area (Å²) >= 11 is 0. The summed E-state index contributed by atoms with van der Waals surface area (Å²) in [6.07, 6.45) is 1.35. The first-order valence-electron chi connectivity index (χ1n) is 2.56. The maximum atomic E-state index is 10.2. The van der Waals surface area contributed by atoms with Gasteiger partial charge in [-0.2, -0.15) is 0 Å². The quantitative estimate of drug-likeness (QED) is 0.564. The van der Waals surface area contributed by atoms with Crippen molar-refractivity contribution >= 4 is 5.97 Å². The summed E-state index contributed by atoms with van der Waals surface area (Å²) in [5, 5.41) is 8.35. The molecule has 0 heterocycles. The molecule has 1 atom stereocenters. The number of carboxylic acid groups (broad SMARTS) is 1. The van der Waals surface area contributed by atoms with Crippen molar-refractivity contribution in [1.29, 1.82) is 0 Å². The molecule has 0 aliphatic carbocycles. The molecule has 0 rings (SSSR count). The van der Waals surface area contributed by atoms with Crippen LogP contribution in [0.1, 0.15) is 0 Å². The third kappa shape index (κ3) is 2.87. The zero-order valence-electron chi connectivity index (χ0n) is 5.33. The Bertz CT molecular complexity index is 109. The Balaban J connectivity index is 3.68. The number of carboxylic acids is 1. The van der Waals surface area contributed by atoms with Crippen LogP contribution in [0.15, 0.2) is 12.7 Å². The van der Waals surface area contributed by atoms with Crippen LogP contribution < -0.4 is 0 Å². The van der Waals surface area contributed by atoms with Crippen molar-refractivity contribution < 1.29 is 14.6 Å². The molecular formula is C6H10O3. The summed E-state index contributed by atoms with van der Waals surface area (Å²) in [5.41, 5.74) is 0. The van der Waals surface area contributed by atoms with Gasteiger partial charge in [0.1, 0.15) is 0 Å². The molecule has 3 heteroatoms. The highest BCUT2D eigenvalue weighted by molar-refractivity contribution is 5.72. The molecule has 9 heavy (non-hydrogen) atoms. The van der Waals surface area contributed by atoms with Crippen LogP contribution in [0.2, 0.25) is 0 Å². The Labute approximate surface area is 53.9 Å². The summed E-state index contributed by atoms with van der Waals surface area (Å²) < 4.78 is 4.60. The van der Waals surface area contributed by atoms with Crippen molar-refractivity contribution in [3.05, 3.63) is 12.7 Å². The minimum absolute atomic E-state index is 0.193. The van der Waals surface area contributed by atoms with Gasteiger partial charge < -0.3 is 9.84 Å². The second kappa shape index (κ2) is 4.09. The number of hydrogen-bond donors (Lipinski definition) is 1. The van der Waals surface area contributed by atoms with E-state index >= 15 is 0 Å². The zero-order chi connectivity index (χ0) is 7.28. The van der Waals surface area contributed by atoms with Crippen LogP contribution in [0.3, 0.4) is 0 Å². The van der Waals surface area contributed by atoms with Crippen molar-refractivity contribution in [3.63, 3.8) is 0 Å². The molecule has 0 aromatic heterocycles. The highest BCUT2D eigenvalue weighted by Gasteiger charge is 2.10. The molecule has 0 saturated heterocycles. The predicted octanol–water partition coefficient (Wildman–Crippen LogP) is 0.520. The van der Waals surface area contributed by atoms with Gasteiger partial charge in [-0.25, -0.2) is 0 Å². The van der Waals surface area contributed by atoms with Crippen molar-refractivity contribution in [2.75, 3.05) is 13.7 Å². The van der Waals surface area contributed by atoms with Gasteiger partial charge >= 0.3 is 5.97 Å². The van der Waals surface area contributed by atoms with Crippen molar-refractivity contribution in [3.8, 4) is 0 Å². The van der Waals surface area contributed by atoms with E-state index in [2.05, 4.69) is 11.3 Å². The van der Waals surface area contributed by atoms with E-state index in [9.17, 15) is 4.79 Å². The molecule has 0 aliphatic heterocycles. The predicted molar refractivity (Wildman–Crippen MR) is 33.2 cm³/mol. The lowest BCUT2D eigenvalue weighted by Crippen LogP contribution is -2.15. The van der Waals surface area contributed by atoms with E-state index in [0.29, 0.717) is 0 Å². The molecule has 0 spiro atoms. The number of carbonyl (C=O) groups is 1. The molecule has 3 nitrogen and oxygen atoms in total. The largest absolute Gasteiger partial charge is 0.481 e. The Hall–Kier alpha value is -0.830. The van der Waals surface area contributed by atoms with Crippen LogP contribution in [-0.4, -0.2) is 24.8 Å². The Kier molecular flexibility index (Phi) is 3.71. The van der Waals surface area contributed by atoms with Gasteiger partial charge in [-0.05, 0) is 0 Å². The summed E-state index contributed by atoms with van der Waals surface area (Å²) in [6, 6.07) is 0. The summed E-state index contributed by atoms with van der Waals surface area (Å²) in [7, 11) is 1.46. The van der Waals surface area contributed by atoms with Gasteiger partial charge in [0.15, 0.2) is 0 Å². The number of methoxy groups -OCH3 is 1. The van der Waals surface area contributed by atoms with E-state index in [1.807, 2.05) is 0 Å². The van der Waals surface area contributed by atoms with E-state index in [1.54, 1.807) is 0 Å². The monoisotopic (exact) mass is 130 g/mol. The molecule has 0 amide bonds. The molecule has 1 unspecified atom stereocenters. The van der Waals surface area contributed by atoms with E-state index in [-0.39, 0.29) is 6.61 Å². The van der Waals surface area contributed by atoms with E-state index in [0.717, 1.165) is 0 Å². The topological polar surface area (TPSA) is 46.5 Å². The third-order valence-corrected chi connectivity index (χ3v) is 0.948. The first-order chi connectivity index (χ1) is 4.22. The van der Waals surface area contributed by atoms with Crippen LogP contribution in [0.4, 0.5) is 0 Å². The average Bonchev–Trinajstić information content (AvgIpc) is 1.82. The standard InChI is InChI=1S/C6H10O3/c1-3-5(4-9-2)6(7)8/h3,5H,1,4H2,2H3,(H,7,8). The fourth-order valence-electron chi connectivity index (χ4n) is 0.420. The van der Waals surface area contributed by atoms with Gasteiger partial charge in [-0.15, -0.1) is 6.58 Å². The molecule has 1 N–H and O–H groups in total. The second-order valence-electron chi connectivity index (χ2n) is 1.64. The number of hydrogen-bond acceptors (Lipinski definition) is 2. The van der Waals surface area contributed by atoms with Crippen molar-refractivity contribution in [2.24, 2.45) is 5.92 Å². The molecule has 0 bridgehead atoms. The molecule has 0 saturated carbocycles. The molecule has 0 aromatic rings. The molecule has 0 fully saturated rings. The summed E-state index contributed by atoms with van der Waals surface area (Å²) in [4.78, 5) is 10.2. The third-order valence-electron chi connectivity index (χ3n) is 0.948. The molecule has 0 aromatic carbocycles. The molecule has 0 radical (unpaired) electrons. The fraction of sp³-hybridized carbons (Fsp3) is 0.500. The molecule has 52 valence electrons. The first kappa shape index (κ1) is 8.17. The Morgan fingerprint density at radius 1 is 2.00 bits per heavy atom. The maximum absolute atomic E-state index is 10.2. The van der Waals surface area contributed by atoms with E-state index in [1.165, 1.54) is 13.2 Å². The van der Waals surface area contributed by atoms with Gasteiger partial charge in [0.2, 0.25) is 0 Å². The van der Waals surface area contributed by atoms with Crippen LogP contribution in [0, 0.1) is 5.92 Å². The Morgan fingerprint density at radius 3 is 2.67 bits per heavy atom. The Morgan fingerprint density at radius 2 is 2.56 bits per heavy atom. The summed E-state index contributed by atoms with van der Waals surface area (Å²) in [5.74, 6) is -1.47. The zero-order valence-corrected chi connectivity index (χ0v) is 5.33. The summed E-state index contributed by atoms with van der Waals surface area (Å²) in [6.45, 7) is 3.53. The maximum Gasteiger partial charge on any atom is 0.312 e. The van der Waals surface area contributed by atoms with Gasteiger partial charge in [0, 0.05) is 7.11 Å². The van der Waals surface area contributed by atoms with Gasteiger partial charge in [-0.1, -0.05) is 6.08 Å². The number of ether oxygens (including phenoxy) is 1. The first-order valence-corrected chi connectivity index (χ1v) is 2.56. The van der Waals surface area contributed by atoms with Gasteiger partial charge in [0.05, 0.1) is 12.5 Å². The average molecular weight is 130 g/mol. The lowest BCUT2D eigenvalue weighted by molar-refractivity contribution is -0.141.